The molecule has 3 atom stereocenters. The zero-order valence-electron chi connectivity index (χ0n) is 38.0. The lowest BCUT2D eigenvalue weighted by Gasteiger charge is -2.53. The largest absolute Gasteiger partial charge is 0.492 e. The Hall–Kier alpha value is -5.02. The molecule has 1 saturated carbocycles. The molecular weight excluding hydrogens is 832 g/mol. The Morgan fingerprint density at radius 3 is 2.49 bits per heavy atom. The Morgan fingerprint density at radius 2 is 1.74 bits per heavy atom. The van der Waals surface area contributed by atoms with Crippen LogP contribution in [0.1, 0.15) is 123 Å². The highest BCUT2D eigenvalue weighted by Crippen LogP contribution is 2.53. The number of ether oxygens (including phenoxy) is 1. The Bertz CT molecular complexity index is 2450. The summed E-state index contributed by atoms with van der Waals surface area (Å²) in [5, 5.41) is 11.0. The van der Waals surface area contributed by atoms with Crippen molar-refractivity contribution in [3.05, 3.63) is 88.5 Å². The van der Waals surface area contributed by atoms with Crippen molar-refractivity contribution < 1.29 is 27.5 Å². The van der Waals surface area contributed by atoms with Gasteiger partial charge in [-0.15, -0.1) is 0 Å². The molecule has 1 spiro atoms. The third-order valence-corrected chi connectivity index (χ3v) is 15.4. The SMILES string of the molecule is C=C1CCC(N2Cc3c(ccc4c3OCC(C)(C)CN(CC3CC5(CCN(c6ncc([C@@H]7c8ccc9[nH]ncc9c8CC(C)N7CC(F)(F)F)cn6)CC5)C3)CCCCC4)C2=O)C(=O)N1. The number of hydrogen-bond acceptors (Lipinski definition) is 9. The van der Waals surface area contributed by atoms with Gasteiger partial charge in [-0.1, -0.05) is 39.0 Å². The van der Waals surface area contributed by atoms with Gasteiger partial charge in [0.05, 0.1) is 37.5 Å². The van der Waals surface area contributed by atoms with E-state index in [1.807, 2.05) is 25.1 Å². The van der Waals surface area contributed by atoms with Crippen LogP contribution in [0.5, 0.6) is 5.75 Å². The predicted molar refractivity (Wildman–Crippen MR) is 242 cm³/mol. The minimum Gasteiger partial charge on any atom is -0.492 e. The Labute approximate surface area is 379 Å². The molecule has 10 rings (SSSR count). The van der Waals surface area contributed by atoms with Crippen molar-refractivity contribution in [1.82, 2.24) is 40.2 Å². The lowest BCUT2D eigenvalue weighted by atomic mass is 9.57. The first-order chi connectivity index (χ1) is 31.1. The molecular formula is C50H62F3N9O3. The number of aryl methyl sites for hydroxylation is 1. The minimum atomic E-state index is -4.35. The van der Waals surface area contributed by atoms with Crippen molar-refractivity contribution in [2.75, 3.05) is 50.8 Å². The second-order valence-electron chi connectivity index (χ2n) is 20.9. The van der Waals surface area contributed by atoms with Gasteiger partial charge >= 0.3 is 6.18 Å². The van der Waals surface area contributed by atoms with Crippen LogP contribution in [0, 0.1) is 16.7 Å². The topological polar surface area (TPSA) is 123 Å². The second-order valence-corrected chi connectivity index (χ2v) is 20.9. The molecule has 65 heavy (non-hydrogen) atoms. The van der Waals surface area contributed by atoms with Crippen molar-refractivity contribution in [3.63, 3.8) is 0 Å². The van der Waals surface area contributed by atoms with Crippen molar-refractivity contribution in [3.8, 4) is 5.75 Å². The van der Waals surface area contributed by atoms with Gasteiger partial charge in [0.1, 0.15) is 11.8 Å². The van der Waals surface area contributed by atoms with Crippen LogP contribution in [0.2, 0.25) is 0 Å². The third-order valence-electron chi connectivity index (χ3n) is 15.4. The third kappa shape index (κ3) is 8.74. The summed E-state index contributed by atoms with van der Waals surface area (Å²) in [5.41, 5.74) is 7.03. The summed E-state index contributed by atoms with van der Waals surface area (Å²) in [7, 11) is 0. The van der Waals surface area contributed by atoms with Crippen LogP contribution >= 0.6 is 0 Å². The van der Waals surface area contributed by atoms with Crippen LogP contribution in [-0.2, 0) is 24.2 Å². The van der Waals surface area contributed by atoms with Crippen LogP contribution in [-0.4, -0.2) is 111 Å². The Balaban J connectivity index is 0.755. The molecule has 15 heteroatoms. The summed E-state index contributed by atoms with van der Waals surface area (Å²) in [6.45, 7) is 15.0. The summed E-state index contributed by atoms with van der Waals surface area (Å²) in [5.74, 6) is 1.85. The minimum absolute atomic E-state index is 0.0998. The molecule has 2 aromatic heterocycles. The number of carbonyl (C=O) groups excluding carboxylic acids is 2. The number of hydrogen-bond donors (Lipinski definition) is 2. The highest BCUT2D eigenvalue weighted by molar-refractivity contribution is 6.02. The van der Waals surface area contributed by atoms with Gasteiger partial charge in [0.25, 0.3) is 5.91 Å². The fourth-order valence-electron chi connectivity index (χ4n) is 12.2. The number of nitrogens with zero attached hydrogens (tertiary/aromatic N) is 7. The van der Waals surface area contributed by atoms with E-state index in [0.29, 0.717) is 66.5 Å². The molecule has 2 saturated heterocycles. The van der Waals surface area contributed by atoms with Crippen LogP contribution in [0.3, 0.4) is 0 Å². The summed E-state index contributed by atoms with van der Waals surface area (Å²) in [4.78, 5) is 44.4. The maximum absolute atomic E-state index is 14.0. The van der Waals surface area contributed by atoms with E-state index >= 15 is 0 Å². The fraction of sp³-hybridized carbons (Fsp3) is 0.580. The maximum atomic E-state index is 14.0. The summed E-state index contributed by atoms with van der Waals surface area (Å²) >= 11 is 0. The molecule has 5 aliphatic heterocycles. The average molecular weight is 894 g/mol. The maximum Gasteiger partial charge on any atom is 0.401 e. The number of halogens is 3. The van der Waals surface area contributed by atoms with E-state index < -0.39 is 24.8 Å². The number of amides is 2. The predicted octanol–water partition coefficient (Wildman–Crippen LogP) is 8.13. The molecule has 3 fully saturated rings. The van der Waals surface area contributed by atoms with Gasteiger partial charge in [0, 0.05) is 77.8 Å². The van der Waals surface area contributed by atoms with E-state index in [1.54, 1.807) is 28.4 Å². The van der Waals surface area contributed by atoms with Crippen LogP contribution in [0.25, 0.3) is 10.9 Å². The van der Waals surface area contributed by atoms with E-state index in [4.69, 9.17) is 14.7 Å². The van der Waals surface area contributed by atoms with E-state index in [1.165, 1.54) is 12.8 Å². The van der Waals surface area contributed by atoms with E-state index in [-0.39, 0.29) is 23.3 Å². The summed E-state index contributed by atoms with van der Waals surface area (Å²) in [6, 6.07) is 6.37. The van der Waals surface area contributed by atoms with Crippen molar-refractivity contribution in [1.29, 1.82) is 0 Å². The number of nitrogens with one attached hydrogen (secondary N) is 2. The Morgan fingerprint density at radius 1 is 0.954 bits per heavy atom. The van der Waals surface area contributed by atoms with Gasteiger partial charge in [0.15, 0.2) is 0 Å². The number of benzene rings is 2. The number of aromatic amines is 1. The van der Waals surface area contributed by atoms with Crippen LogP contribution < -0.4 is 15.0 Å². The first-order valence-corrected chi connectivity index (χ1v) is 23.8. The Kier molecular flexibility index (Phi) is 11.5. The van der Waals surface area contributed by atoms with Crippen molar-refractivity contribution in [2.45, 2.75) is 122 Å². The van der Waals surface area contributed by atoms with Crippen LogP contribution in [0.15, 0.2) is 55.1 Å². The fourth-order valence-corrected chi connectivity index (χ4v) is 12.2. The molecule has 2 aromatic carbocycles. The van der Waals surface area contributed by atoms with Gasteiger partial charge < -0.3 is 24.8 Å². The number of alkyl halides is 3. The van der Waals surface area contributed by atoms with Gasteiger partial charge in [-0.2, -0.15) is 18.3 Å². The lowest BCUT2D eigenvalue weighted by molar-refractivity contribution is -0.155. The quantitative estimate of drug-likeness (QED) is 0.198. The lowest BCUT2D eigenvalue weighted by Crippen LogP contribution is -2.51. The first-order valence-electron chi connectivity index (χ1n) is 23.8. The van der Waals surface area contributed by atoms with E-state index in [9.17, 15) is 22.8 Å². The molecule has 7 heterocycles. The average Bonchev–Trinajstić information content (AvgIpc) is 3.87. The summed E-state index contributed by atoms with van der Waals surface area (Å²) < 4.78 is 48.7. The zero-order chi connectivity index (χ0) is 45.3. The normalized spacial score (nSPS) is 25.6. The number of rotatable bonds is 6. The number of piperidine rings is 2. The number of fused-ring (bicyclic) bond motifs is 6. The highest BCUT2D eigenvalue weighted by atomic mass is 19.4. The second kappa shape index (κ2) is 17.0. The zero-order valence-corrected chi connectivity index (χ0v) is 38.0. The number of anilines is 1. The van der Waals surface area contributed by atoms with Gasteiger partial charge in [-0.3, -0.25) is 19.6 Å². The molecule has 2 N–H and O–H groups in total. The summed E-state index contributed by atoms with van der Waals surface area (Å²) in [6.07, 6.45) is 11.4. The van der Waals surface area contributed by atoms with Crippen molar-refractivity contribution >= 4 is 28.7 Å². The smallest absolute Gasteiger partial charge is 0.401 e. The van der Waals surface area contributed by atoms with Gasteiger partial charge in [-0.25, -0.2) is 9.97 Å². The molecule has 2 unspecified atom stereocenters. The van der Waals surface area contributed by atoms with E-state index in [2.05, 4.69) is 51.8 Å². The molecule has 0 bridgehead atoms. The highest BCUT2D eigenvalue weighted by Gasteiger charge is 2.47. The standard InChI is InChI=1S/C50H62F3N9O3/c1-31-9-14-42(45(63)57-31)61-27-40-37(46(61)64)11-10-34-8-6-5-7-17-59(28-48(3,4)30-65-44(34)40)26-33-21-49(22-33)15-18-60(19-16-49)47-54-23-35(24-55-47)43-36-12-13-41-39(25-56-58-41)38(36)20-32(2)62(43)29-50(51,52)53/h10-13,23-25,32-33,42-43H,1,5-9,14-22,26-30H2,2-4H3,(H,56,58)(H,57,63)/t32?,42?,43-/m1/s1. The molecule has 4 aromatic rings. The van der Waals surface area contributed by atoms with Crippen molar-refractivity contribution in [2.24, 2.45) is 16.7 Å². The monoisotopic (exact) mass is 893 g/mol. The number of H-pyrrole nitrogens is 1. The molecule has 1 aliphatic carbocycles. The molecule has 0 radical (unpaired) electrons. The number of carbonyl (C=O) groups is 2. The number of aromatic nitrogens is 4. The molecule has 6 aliphatic rings. The van der Waals surface area contributed by atoms with Gasteiger partial charge in [-0.05, 0) is 118 Å². The van der Waals surface area contributed by atoms with E-state index in [0.717, 1.165) is 110 Å². The molecule has 2 amide bonds. The van der Waals surface area contributed by atoms with Gasteiger partial charge in [0.2, 0.25) is 11.9 Å². The first kappa shape index (κ1) is 43.9. The molecule has 12 nitrogen and oxygen atoms in total. The number of allylic oxidation sites excluding steroid dienone is 1. The molecule has 346 valence electrons. The van der Waals surface area contributed by atoms with Crippen LogP contribution in [0.4, 0.5) is 19.1 Å².